The topological polar surface area (TPSA) is 90.0 Å². The van der Waals surface area contributed by atoms with E-state index < -0.39 is 17.7 Å². The number of hydrogen-bond donors (Lipinski definition) is 0. The molecule has 0 aromatic heterocycles. The van der Waals surface area contributed by atoms with Crippen LogP contribution in [-0.4, -0.2) is 41.5 Å². The zero-order valence-electron chi connectivity index (χ0n) is 17.2. The molecular weight excluding hydrogens is 410 g/mol. The van der Waals surface area contributed by atoms with Crippen molar-refractivity contribution in [2.75, 3.05) is 13.2 Å². The standard InChI is InChI=1S/C25H21NO6/c27-19-11-4-2-1-3-5-13-20-14-10-16-22(32-20)23(28)24(29)26-17-8-6-15-21(26)25(30)31-18-9-7-12-19/h1-8,10-16H,9,17-18H2. The Balaban J connectivity index is 1.85. The van der Waals surface area contributed by atoms with Gasteiger partial charge in [-0.25, -0.2) is 4.79 Å². The molecule has 162 valence electrons. The average Bonchev–Trinajstić information content (AvgIpc) is 2.81. The summed E-state index contributed by atoms with van der Waals surface area (Å²) in [7, 11) is 0. The fourth-order valence-electron chi connectivity index (χ4n) is 2.79. The van der Waals surface area contributed by atoms with Gasteiger partial charge in [0.05, 0.1) is 6.61 Å². The van der Waals surface area contributed by atoms with E-state index >= 15 is 0 Å². The molecule has 0 radical (unpaired) electrons. The van der Waals surface area contributed by atoms with Gasteiger partial charge in [-0.05, 0) is 42.9 Å². The molecule has 7 heteroatoms. The first kappa shape index (κ1) is 22.4. The highest BCUT2D eigenvalue weighted by atomic mass is 16.5. The van der Waals surface area contributed by atoms with E-state index in [0.29, 0.717) is 12.2 Å². The van der Waals surface area contributed by atoms with E-state index in [1.807, 2.05) is 0 Å². The number of ketones is 2. The van der Waals surface area contributed by atoms with Crippen LogP contribution in [0.15, 0.2) is 108 Å². The first-order valence-corrected chi connectivity index (χ1v) is 9.95. The van der Waals surface area contributed by atoms with Crippen LogP contribution in [-0.2, 0) is 28.7 Å². The summed E-state index contributed by atoms with van der Waals surface area (Å²) in [5.74, 6) is -2.50. The maximum absolute atomic E-state index is 12.8. The van der Waals surface area contributed by atoms with Gasteiger partial charge in [-0.3, -0.25) is 19.3 Å². The first-order chi connectivity index (χ1) is 15.6. The first-order valence-electron chi connectivity index (χ1n) is 9.95. The lowest BCUT2D eigenvalue weighted by Gasteiger charge is -2.24. The van der Waals surface area contributed by atoms with Crippen molar-refractivity contribution in [2.45, 2.75) is 6.42 Å². The van der Waals surface area contributed by atoms with Crippen LogP contribution in [0.5, 0.6) is 0 Å². The molecule has 3 aliphatic heterocycles. The minimum Gasteiger partial charge on any atom is -0.461 e. The van der Waals surface area contributed by atoms with Gasteiger partial charge in [0.15, 0.2) is 11.5 Å². The van der Waals surface area contributed by atoms with Crippen molar-refractivity contribution in [1.29, 1.82) is 0 Å². The Hall–Kier alpha value is -4.26. The lowest BCUT2D eigenvalue weighted by atomic mass is 10.1. The van der Waals surface area contributed by atoms with Crippen molar-refractivity contribution in [3.05, 3.63) is 108 Å². The van der Waals surface area contributed by atoms with Gasteiger partial charge in [-0.2, -0.15) is 0 Å². The van der Waals surface area contributed by atoms with Crippen LogP contribution in [0, 0.1) is 0 Å². The van der Waals surface area contributed by atoms with Gasteiger partial charge in [0.1, 0.15) is 11.5 Å². The van der Waals surface area contributed by atoms with Crippen molar-refractivity contribution < 1.29 is 28.7 Å². The second-order valence-electron chi connectivity index (χ2n) is 6.64. The number of cyclic esters (lactones) is 1. The molecule has 2 bridgehead atoms. The number of fused-ring (bicyclic) bond motifs is 3. The Morgan fingerprint density at radius 3 is 2.44 bits per heavy atom. The third-order valence-electron chi connectivity index (χ3n) is 4.34. The molecule has 0 saturated heterocycles. The molecule has 0 atom stereocenters. The number of hydrogen-bond acceptors (Lipinski definition) is 6. The number of nitrogens with zero attached hydrogens (tertiary/aromatic N) is 1. The number of amides is 1. The Labute approximate surface area is 185 Å². The quantitative estimate of drug-likeness (QED) is 0.433. The molecule has 0 saturated carbocycles. The van der Waals surface area contributed by atoms with E-state index in [2.05, 4.69) is 0 Å². The molecule has 0 spiro atoms. The summed E-state index contributed by atoms with van der Waals surface area (Å²) in [5, 5.41) is 0. The summed E-state index contributed by atoms with van der Waals surface area (Å²) in [6.45, 7) is 0.0639. The minimum atomic E-state index is -0.903. The van der Waals surface area contributed by atoms with Crippen molar-refractivity contribution in [2.24, 2.45) is 0 Å². The maximum Gasteiger partial charge on any atom is 0.355 e. The fraction of sp³-hybridized carbons (Fsp3) is 0.120. The summed E-state index contributed by atoms with van der Waals surface area (Å²) < 4.78 is 10.7. The van der Waals surface area contributed by atoms with Gasteiger partial charge in [0, 0.05) is 6.54 Å². The highest BCUT2D eigenvalue weighted by molar-refractivity contribution is 6.42. The number of carbonyl (C=O) groups excluding carboxylic acids is 4. The highest BCUT2D eigenvalue weighted by Crippen LogP contribution is 2.19. The lowest BCUT2D eigenvalue weighted by molar-refractivity contribution is -0.147. The van der Waals surface area contributed by atoms with E-state index in [4.69, 9.17) is 9.47 Å². The molecule has 0 fully saturated rings. The van der Waals surface area contributed by atoms with E-state index in [-0.39, 0.29) is 30.4 Å². The summed E-state index contributed by atoms with van der Waals surface area (Å²) >= 11 is 0. The van der Waals surface area contributed by atoms with Crippen molar-refractivity contribution in [1.82, 2.24) is 4.90 Å². The summed E-state index contributed by atoms with van der Waals surface area (Å²) in [6, 6.07) is 0. The molecule has 32 heavy (non-hydrogen) atoms. The van der Waals surface area contributed by atoms with Gasteiger partial charge >= 0.3 is 11.9 Å². The molecule has 0 aromatic rings. The van der Waals surface area contributed by atoms with Gasteiger partial charge in [0.25, 0.3) is 5.78 Å². The second kappa shape index (κ2) is 11.2. The van der Waals surface area contributed by atoms with Gasteiger partial charge in [-0.1, -0.05) is 54.7 Å². The van der Waals surface area contributed by atoms with Gasteiger partial charge in [-0.15, -0.1) is 0 Å². The fourth-order valence-corrected chi connectivity index (χ4v) is 2.79. The second-order valence-corrected chi connectivity index (χ2v) is 6.64. The summed E-state index contributed by atoms with van der Waals surface area (Å²) in [5.41, 5.74) is -0.0449. The Bertz CT molecular complexity index is 1080. The third-order valence-corrected chi connectivity index (χ3v) is 4.34. The zero-order chi connectivity index (χ0) is 22.8. The third kappa shape index (κ3) is 6.12. The SMILES string of the molecule is O=C1C=CC=CC=CC=C2C=CC=C(O2)C(=O)C(=O)N2CC=CC=C2C(=O)OCCC=C1. The number of ether oxygens (including phenoxy) is 2. The molecule has 7 nitrogen and oxygen atoms in total. The molecule has 0 aliphatic carbocycles. The maximum atomic E-state index is 12.8. The van der Waals surface area contributed by atoms with E-state index in [0.717, 1.165) is 4.90 Å². The number of esters is 1. The monoisotopic (exact) mass is 431 g/mol. The molecule has 3 heterocycles. The molecule has 3 rings (SSSR count). The van der Waals surface area contributed by atoms with Crippen LogP contribution in [0.4, 0.5) is 0 Å². The molecule has 1 amide bonds. The van der Waals surface area contributed by atoms with Crippen LogP contribution in [0.2, 0.25) is 0 Å². The minimum absolute atomic E-state index is 0.0151. The van der Waals surface area contributed by atoms with Gasteiger partial charge < -0.3 is 9.47 Å². The van der Waals surface area contributed by atoms with Gasteiger partial charge in [0.2, 0.25) is 0 Å². The van der Waals surface area contributed by atoms with Crippen molar-refractivity contribution in [3.8, 4) is 0 Å². The summed E-state index contributed by atoms with van der Waals surface area (Å²) in [6.07, 6.45) is 24.1. The lowest BCUT2D eigenvalue weighted by Crippen LogP contribution is -2.41. The smallest absolute Gasteiger partial charge is 0.355 e. The van der Waals surface area contributed by atoms with E-state index in [1.165, 1.54) is 24.3 Å². The number of Topliss-reactive ketones (excluding diaryl/α,β-unsaturated/α-hetero) is 1. The van der Waals surface area contributed by atoms with Crippen molar-refractivity contribution >= 4 is 23.4 Å². The number of allylic oxidation sites excluding steroid dienone is 13. The zero-order valence-corrected chi connectivity index (χ0v) is 17.2. The Kier molecular flexibility index (Phi) is 7.86. The van der Waals surface area contributed by atoms with E-state index in [1.54, 1.807) is 66.8 Å². The van der Waals surface area contributed by atoms with E-state index in [9.17, 15) is 19.2 Å². The van der Waals surface area contributed by atoms with Crippen LogP contribution < -0.4 is 0 Å². The Morgan fingerprint density at radius 1 is 0.750 bits per heavy atom. The van der Waals surface area contributed by atoms with Crippen LogP contribution in [0.1, 0.15) is 6.42 Å². The average molecular weight is 431 g/mol. The van der Waals surface area contributed by atoms with Crippen molar-refractivity contribution in [3.63, 3.8) is 0 Å². The predicted octanol–water partition coefficient (Wildman–Crippen LogP) is 2.93. The molecule has 0 N–H and O–H groups in total. The van der Waals surface area contributed by atoms with Crippen LogP contribution in [0.3, 0.4) is 0 Å². The van der Waals surface area contributed by atoms with Crippen LogP contribution >= 0.6 is 0 Å². The molecule has 0 unspecified atom stereocenters. The van der Waals surface area contributed by atoms with Crippen LogP contribution in [0.25, 0.3) is 0 Å². The largest absolute Gasteiger partial charge is 0.461 e. The number of rotatable bonds is 0. The molecule has 3 aliphatic rings. The molecule has 0 aromatic carbocycles. The highest BCUT2D eigenvalue weighted by Gasteiger charge is 2.32. The predicted molar refractivity (Wildman–Crippen MR) is 117 cm³/mol. The Morgan fingerprint density at radius 2 is 1.56 bits per heavy atom. The molecular formula is C25H21NO6. The normalized spacial score (nSPS) is 20.0. The number of carbonyl (C=O) groups is 4. The summed E-state index contributed by atoms with van der Waals surface area (Å²) in [4.78, 5) is 50.9.